The largest absolute Gasteiger partial charge is 0.481 e. The summed E-state index contributed by atoms with van der Waals surface area (Å²) in [7, 11) is 0. The first-order valence-electron chi connectivity index (χ1n) is 5.29. The summed E-state index contributed by atoms with van der Waals surface area (Å²) in [5.41, 5.74) is 9.30. The van der Waals surface area contributed by atoms with Crippen LogP contribution in [0.4, 0.5) is 0 Å². The van der Waals surface area contributed by atoms with Gasteiger partial charge in [-0.25, -0.2) is 4.98 Å². The van der Waals surface area contributed by atoms with Gasteiger partial charge in [0.2, 0.25) is 0 Å². The van der Waals surface area contributed by atoms with Crippen molar-refractivity contribution < 1.29 is 9.90 Å². The second-order valence-corrected chi connectivity index (χ2v) is 4.85. The average Bonchev–Trinajstić information content (AvgIpc) is 2.70. The third-order valence-corrected chi connectivity index (χ3v) is 3.43. The molecule has 0 fully saturated rings. The lowest BCUT2D eigenvalue weighted by Gasteiger charge is -2.04. The summed E-state index contributed by atoms with van der Waals surface area (Å²) in [6.07, 6.45) is 0.176. The van der Waals surface area contributed by atoms with Gasteiger partial charge in [-0.1, -0.05) is 17.2 Å². The number of carboxylic acids is 1. The molecule has 0 radical (unpaired) electrons. The van der Waals surface area contributed by atoms with Crippen LogP contribution in [0.1, 0.15) is 11.4 Å². The van der Waals surface area contributed by atoms with E-state index in [0.29, 0.717) is 6.42 Å². The SMILES string of the molecule is [N-]=[N+]=N[C@H](CC(=O)O)Cc1nc2ccccc2s1. The lowest BCUT2D eigenvalue weighted by atomic mass is 10.1. The molecule has 92 valence electrons. The Labute approximate surface area is 107 Å². The molecule has 0 spiro atoms. The molecule has 2 rings (SSSR count). The molecule has 0 bridgehead atoms. The fourth-order valence-electron chi connectivity index (χ4n) is 1.64. The quantitative estimate of drug-likeness (QED) is 0.509. The third kappa shape index (κ3) is 2.97. The molecule has 1 heterocycles. The summed E-state index contributed by atoms with van der Waals surface area (Å²) in [6.45, 7) is 0. The van der Waals surface area contributed by atoms with E-state index >= 15 is 0 Å². The van der Waals surface area contributed by atoms with Crippen LogP contribution in [0, 0.1) is 0 Å². The number of hydrogen-bond donors (Lipinski definition) is 1. The van der Waals surface area contributed by atoms with Crippen molar-refractivity contribution in [1.82, 2.24) is 4.98 Å². The van der Waals surface area contributed by atoms with Crippen molar-refractivity contribution in [2.75, 3.05) is 0 Å². The number of hydrogen-bond acceptors (Lipinski definition) is 4. The van der Waals surface area contributed by atoms with Gasteiger partial charge in [0.25, 0.3) is 0 Å². The zero-order chi connectivity index (χ0) is 13.0. The van der Waals surface area contributed by atoms with Gasteiger partial charge in [-0.2, -0.15) is 0 Å². The number of nitrogens with zero attached hydrogens (tertiary/aromatic N) is 4. The summed E-state index contributed by atoms with van der Waals surface area (Å²) < 4.78 is 1.04. The predicted octanol–water partition coefficient (Wildman–Crippen LogP) is 2.99. The third-order valence-electron chi connectivity index (χ3n) is 2.37. The Morgan fingerprint density at radius 1 is 1.56 bits per heavy atom. The number of thiazole rings is 1. The van der Waals surface area contributed by atoms with Crippen molar-refractivity contribution in [3.05, 3.63) is 39.7 Å². The first-order chi connectivity index (χ1) is 8.69. The average molecular weight is 262 g/mol. The molecule has 18 heavy (non-hydrogen) atoms. The highest BCUT2D eigenvalue weighted by Gasteiger charge is 2.14. The number of carbonyl (C=O) groups is 1. The highest BCUT2D eigenvalue weighted by molar-refractivity contribution is 7.18. The first kappa shape index (κ1) is 12.3. The lowest BCUT2D eigenvalue weighted by Crippen LogP contribution is -2.13. The summed E-state index contributed by atoms with van der Waals surface area (Å²) >= 11 is 1.49. The number of rotatable bonds is 5. The molecule has 6 nitrogen and oxygen atoms in total. The van der Waals surface area contributed by atoms with E-state index in [0.717, 1.165) is 15.2 Å². The number of carboxylic acid groups (broad SMARTS) is 1. The first-order valence-corrected chi connectivity index (χ1v) is 6.11. The van der Waals surface area contributed by atoms with Crippen LogP contribution < -0.4 is 0 Å². The minimum absolute atomic E-state index is 0.181. The Balaban J connectivity index is 2.19. The number of azide groups is 1. The van der Waals surface area contributed by atoms with Crippen LogP contribution in [0.25, 0.3) is 20.7 Å². The van der Waals surface area contributed by atoms with Crippen molar-refractivity contribution in [2.24, 2.45) is 5.11 Å². The minimum Gasteiger partial charge on any atom is -0.481 e. The molecule has 1 N–H and O–H groups in total. The molecule has 7 heteroatoms. The van der Waals surface area contributed by atoms with Crippen molar-refractivity contribution >= 4 is 27.5 Å². The number of fused-ring (bicyclic) bond motifs is 1. The van der Waals surface area contributed by atoms with Gasteiger partial charge in [-0.15, -0.1) is 11.3 Å². The standard InChI is InChI=1S/C11H10N4O2S/c12-15-14-7(6-11(16)17)5-10-13-8-3-1-2-4-9(8)18-10/h1-4,7H,5-6H2,(H,16,17)/t7-/m0/s1. The van der Waals surface area contributed by atoms with E-state index < -0.39 is 12.0 Å². The monoisotopic (exact) mass is 262 g/mol. The van der Waals surface area contributed by atoms with E-state index in [4.69, 9.17) is 10.6 Å². The molecule has 1 aromatic carbocycles. The fourth-order valence-corrected chi connectivity index (χ4v) is 2.68. The van der Waals surface area contributed by atoms with Gasteiger partial charge in [-0.3, -0.25) is 4.79 Å². The summed E-state index contributed by atoms with van der Waals surface area (Å²) in [5.74, 6) is -0.978. The van der Waals surface area contributed by atoms with Crippen LogP contribution in [0.5, 0.6) is 0 Å². The summed E-state index contributed by atoms with van der Waals surface area (Å²) in [4.78, 5) is 17.7. The van der Waals surface area contributed by atoms with E-state index in [1.165, 1.54) is 11.3 Å². The minimum atomic E-state index is -0.978. The molecule has 1 atom stereocenters. The maximum Gasteiger partial charge on any atom is 0.303 e. The van der Waals surface area contributed by atoms with Crippen molar-refractivity contribution in [3.8, 4) is 0 Å². The zero-order valence-corrected chi connectivity index (χ0v) is 10.2. The van der Waals surface area contributed by atoms with Crippen molar-refractivity contribution in [2.45, 2.75) is 18.9 Å². The molecular formula is C11H10N4O2S. The molecule has 0 saturated heterocycles. The smallest absolute Gasteiger partial charge is 0.303 e. The Hall–Kier alpha value is -2.11. The molecule has 0 saturated carbocycles. The van der Waals surface area contributed by atoms with Crippen LogP contribution in [0.15, 0.2) is 29.4 Å². The van der Waals surface area contributed by atoms with Crippen LogP contribution in [0.3, 0.4) is 0 Å². The Kier molecular flexibility index (Phi) is 3.76. The van der Waals surface area contributed by atoms with Crippen LogP contribution in [-0.2, 0) is 11.2 Å². The summed E-state index contributed by atoms with van der Waals surface area (Å²) in [6, 6.07) is 7.08. The van der Waals surface area contributed by atoms with Gasteiger partial charge < -0.3 is 5.11 Å². The Bertz CT molecular complexity index is 585. The van der Waals surface area contributed by atoms with E-state index in [-0.39, 0.29) is 6.42 Å². The number of aromatic nitrogens is 1. The number of aliphatic carboxylic acids is 1. The van der Waals surface area contributed by atoms with E-state index in [1.54, 1.807) is 0 Å². The topological polar surface area (TPSA) is 99.0 Å². The maximum absolute atomic E-state index is 10.6. The second kappa shape index (κ2) is 5.48. The van der Waals surface area contributed by atoms with Gasteiger partial charge in [0, 0.05) is 11.3 Å². The molecule has 0 amide bonds. The van der Waals surface area contributed by atoms with Gasteiger partial charge in [0.05, 0.1) is 27.7 Å². The molecule has 1 aromatic heterocycles. The second-order valence-electron chi connectivity index (χ2n) is 3.74. The van der Waals surface area contributed by atoms with Gasteiger partial charge in [0.15, 0.2) is 0 Å². The van der Waals surface area contributed by atoms with Crippen LogP contribution in [0.2, 0.25) is 0 Å². The maximum atomic E-state index is 10.6. The lowest BCUT2D eigenvalue weighted by molar-refractivity contribution is -0.137. The number of para-hydroxylation sites is 1. The van der Waals surface area contributed by atoms with Gasteiger partial charge in [0.1, 0.15) is 0 Å². The fraction of sp³-hybridized carbons (Fsp3) is 0.273. The van der Waals surface area contributed by atoms with E-state index in [9.17, 15) is 4.79 Å². The predicted molar refractivity (Wildman–Crippen MR) is 68.5 cm³/mol. The van der Waals surface area contributed by atoms with Crippen molar-refractivity contribution in [3.63, 3.8) is 0 Å². The van der Waals surface area contributed by atoms with Gasteiger partial charge in [-0.05, 0) is 17.7 Å². The molecule has 0 unspecified atom stereocenters. The molecule has 0 aliphatic heterocycles. The van der Waals surface area contributed by atoms with Gasteiger partial charge >= 0.3 is 5.97 Å². The molecule has 0 aliphatic carbocycles. The summed E-state index contributed by atoms with van der Waals surface area (Å²) in [5, 5.41) is 13.0. The van der Waals surface area contributed by atoms with Crippen LogP contribution in [-0.4, -0.2) is 22.1 Å². The Morgan fingerprint density at radius 2 is 2.33 bits per heavy atom. The van der Waals surface area contributed by atoms with Crippen LogP contribution >= 0.6 is 11.3 Å². The molecular weight excluding hydrogens is 252 g/mol. The highest BCUT2D eigenvalue weighted by atomic mass is 32.1. The Morgan fingerprint density at radius 3 is 3.00 bits per heavy atom. The van der Waals surface area contributed by atoms with E-state index in [1.807, 2.05) is 24.3 Å². The molecule has 2 aromatic rings. The molecule has 0 aliphatic rings. The normalized spacial score (nSPS) is 12.0. The number of benzene rings is 1. The van der Waals surface area contributed by atoms with Crippen molar-refractivity contribution in [1.29, 1.82) is 0 Å². The highest BCUT2D eigenvalue weighted by Crippen LogP contribution is 2.23. The van der Waals surface area contributed by atoms with E-state index in [2.05, 4.69) is 15.0 Å². The zero-order valence-electron chi connectivity index (χ0n) is 9.35.